The Kier molecular flexibility index (Phi) is 6.28. The van der Waals surface area contributed by atoms with Crippen LogP contribution in [0, 0.1) is 0 Å². The molecule has 0 saturated carbocycles. The van der Waals surface area contributed by atoms with E-state index in [1.54, 1.807) is 13.2 Å². The van der Waals surface area contributed by atoms with Crippen LogP contribution < -0.4 is 9.64 Å². The highest BCUT2D eigenvalue weighted by Gasteiger charge is 2.22. The molecule has 1 amide bonds. The van der Waals surface area contributed by atoms with Gasteiger partial charge in [-0.3, -0.25) is 4.79 Å². The maximum atomic E-state index is 12.5. The van der Waals surface area contributed by atoms with Crippen LogP contribution in [0.1, 0.15) is 12.0 Å². The summed E-state index contributed by atoms with van der Waals surface area (Å²) < 4.78 is 5.44. The summed E-state index contributed by atoms with van der Waals surface area (Å²) >= 11 is 12.0. The van der Waals surface area contributed by atoms with E-state index >= 15 is 0 Å². The second-order valence-corrected chi connectivity index (χ2v) is 7.10. The second-order valence-electron chi connectivity index (χ2n) is 6.29. The molecule has 0 aliphatic carbocycles. The van der Waals surface area contributed by atoms with E-state index in [1.165, 1.54) is 0 Å². The Balaban J connectivity index is 1.52. The van der Waals surface area contributed by atoms with Gasteiger partial charge >= 0.3 is 0 Å². The van der Waals surface area contributed by atoms with Crippen molar-refractivity contribution in [3.8, 4) is 5.75 Å². The summed E-state index contributed by atoms with van der Waals surface area (Å²) in [6, 6.07) is 13.5. The van der Waals surface area contributed by atoms with Gasteiger partial charge in [0, 0.05) is 32.6 Å². The standard InChI is InChI=1S/C20H22Cl2N2O2/c1-26-19-5-3-2-4-18(19)23-10-12-24(13-11-23)20(25)9-7-15-6-8-16(21)17(22)14-15/h2-6,8,14H,7,9-13H2,1H3. The Labute approximate surface area is 164 Å². The van der Waals surface area contributed by atoms with Crippen LogP contribution in [-0.2, 0) is 11.2 Å². The summed E-state index contributed by atoms with van der Waals surface area (Å²) in [5.41, 5.74) is 2.11. The quantitative estimate of drug-likeness (QED) is 0.760. The topological polar surface area (TPSA) is 32.8 Å². The van der Waals surface area contributed by atoms with Crippen molar-refractivity contribution in [3.63, 3.8) is 0 Å². The number of piperazine rings is 1. The summed E-state index contributed by atoms with van der Waals surface area (Å²) in [4.78, 5) is 16.7. The fourth-order valence-corrected chi connectivity index (χ4v) is 3.51. The minimum atomic E-state index is 0.177. The summed E-state index contributed by atoms with van der Waals surface area (Å²) in [5, 5.41) is 1.07. The fraction of sp³-hybridized carbons (Fsp3) is 0.350. The number of methoxy groups -OCH3 is 1. The number of halogens is 2. The number of carbonyl (C=O) groups excluding carboxylic acids is 1. The Morgan fingerprint density at radius 3 is 2.46 bits per heavy atom. The first kappa shape index (κ1) is 18.9. The van der Waals surface area contributed by atoms with Crippen LogP contribution in [0.4, 0.5) is 5.69 Å². The van der Waals surface area contributed by atoms with Crippen LogP contribution in [-0.4, -0.2) is 44.1 Å². The van der Waals surface area contributed by atoms with Crippen molar-refractivity contribution in [2.24, 2.45) is 0 Å². The van der Waals surface area contributed by atoms with Crippen molar-refractivity contribution in [2.45, 2.75) is 12.8 Å². The zero-order valence-electron chi connectivity index (χ0n) is 14.8. The minimum Gasteiger partial charge on any atom is -0.495 e. The Morgan fingerprint density at radius 1 is 1.04 bits per heavy atom. The van der Waals surface area contributed by atoms with Crippen molar-refractivity contribution in [1.29, 1.82) is 0 Å². The van der Waals surface area contributed by atoms with Gasteiger partial charge < -0.3 is 14.5 Å². The first-order valence-corrected chi connectivity index (χ1v) is 9.44. The van der Waals surface area contributed by atoms with Crippen molar-refractivity contribution in [1.82, 2.24) is 4.90 Å². The van der Waals surface area contributed by atoms with E-state index < -0.39 is 0 Å². The van der Waals surface area contributed by atoms with Gasteiger partial charge in [-0.1, -0.05) is 41.4 Å². The first-order valence-electron chi connectivity index (χ1n) is 8.68. The molecule has 1 fully saturated rings. The number of amides is 1. The second kappa shape index (κ2) is 8.65. The van der Waals surface area contributed by atoms with Crippen LogP contribution in [0.15, 0.2) is 42.5 Å². The van der Waals surface area contributed by atoms with E-state index in [1.807, 2.05) is 35.2 Å². The van der Waals surface area contributed by atoms with Gasteiger partial charge in [0.1, 0.15) is 5.75 Å². The van der Waals surface area contributed by atoms with Gasteiger partial charge in [-0.2, -0.15) is 0 Å². The maximum absolute atomic E-state index is 12.5. The molecule has 3 rings (SSSR count). The third-order valence-electron chi connectivity index (χ3n) is 4.67. The lowest BCUT2D eigenvalue weighted by atomic mass is 10.1. The van der Waals surface area contributed by atoms with Gasteiger partial charge in [0.05, 0.1) is 22.8 Å². The average Bonchev–Trinajstić information content (AvgIpc) is 2.68. The third-order valence-corrected chi connectivity index (χ3v) is 5.41. The lowest BCUT2D eigenvalue weighted by molar-refractivity contribution is -0.131. The number of rotatable bonds is 5. The number of carbonyl (C=O) groups is 1. The molecule has 4 nitrogen and oxygen atoms in total. The van der Waals surface area contributed by atoms with Gasteiger partial charge in [0.25, 0.3) is 0 Å². The number of benzene rings is 2. The zero-order chi connectivity index (χ0) is 18.5. The first-order chi connectivity index (χ1) is 12.6. The van der Waals surface area contributed by atoms with Gasteiger partial charge in [-0.15, -0.1) is 0 Å². The number of hydrogen-bond donors (Lipinski definition) is 0. The van der Waals surface area contributed by atoms with Crippen molar-refractivity contribution in [2.75, 3.05) is 38.2 Å². The van der Waals surface area contributed by atoms with Crippen molar-refractivity contribution < 1.29 is 9.53 Å². The Hall–Kier alpha value is -1.91. The molecule has 0 spiro atoms. The largest absolute Gasteiger partial charge is 0.495 e. The maximum Gasteiger partial charge on any atom is 0.223 e. The molecule has 1 heterocycles. The number of ether oxygens (including phenoxy) is 1. The van der Waals surface area contributed by atoms with Crippen LogP contribution in [0.25, 0.3) is 0 Å². The van der Waals surface area contributed by atoms with Crippen LogP contribution in [0.3, 0.4) is 0 Å². The highest BCUT2D eigenvalue weighted by molar-refractivity contribution is 6.42. The molecule has 0 radical (unpaired) electrons. The number of anilines is 1. The van der Waals surface area contributed by atoms with Crippen LogP contribution in [0.5, 0.6) is 5.75 Å². The predicted molar refractivity (Wildman–Crippen MR) is 107 cm³/mol. The number of para-hydroxylation sites is 2. The molecule has 0 unspecified atom stereocenters. The van der Waals surface area contributed by atoms with Crippen LogP contribution in [0.2, 0.25) is 10.0 Å². The van der Waals surface area contributed by atoms with E-state index in [2.05, 4.69) is 11.0 Å². The van der Waals surface area contributed by atoms with Gasteiger partial charge in [-0.05, 0) is 36.2 Å². The molecule has 6 heteroatoms. The molecule has 2 aromatic rings. The van der Waals surface area contributed by atoms with E-state index in [0.717, 1.165) is 43.2 Å². The molecule has 1 saturated heterocycles. The Morgan fingerprint density at radius 2 is 1.77 bits per heavy atom. The van der Waals surface area contributed by atoms with E-state index in [9.17, 15) is 4.79 Å². The molecule has 2 aromatic carbocycles. The molecule has 0 N–H and O–H groups in total. The molecule has 1 aliphatic heterocycles. The van der Waals surface area contributed by atoms with Gasteiger partial charge in [-0.25, -0.2) is 0 Å². The van der Waals surface area contributed by atoms with Gasteiger partial charge in [0.2, 0.25) is 5.91 Å². The van der Waals surface area contributed by atoms with Gasteiger partial charge in [0.15, 0.2) is 0 Å². The Bertz CT molecular complexity index is 774. The molecule has 0 bridgehead atoms. The predicted octanol–water partition coefficient (Wildman–Crippen LogP) is 4.28. The van der Waals surface area contributed by atoms with E-state index in [4.69, 9.17) is 27.9 Å². The SMILES string of the molecule is COc1ccccc1N1CCN(C(=O)CCc2ccc(Cl)c(Cl)c2)CC1. The summed E-state index contributed by atoms with van der Waals surface area (Å²) in [7, 11) is 1.68. The highest BCUT2D eigenvalue weighted by Crippen LogP contribution is 2.28. The van der Waals surface area contributed by atoms with E-state index in [-0.39, 0.29) is 5.91 Å². The molecule has 1 aliphatic rings. The van der Waals surface area contributed by atoms with Crippen molar-refractivity contribution in [3.05, 3.63) is 58.1 Å². The number of aryl methyl sites for hydroxylation is 1. The number of hydrogen-bond acceptors (Lipinski definition) is 3. The van der Waals surface area contributed by atoms with Crippen LogP contribution >= 0.6 is 23.2 Å². The average molecular weight is 393 g/mol. The molecular weight excluding hydrogens is 371 g/mol. The highest BCUT2D eigenvalue weighted by atomic mass is 35.5. The lowest BCUT2D eigenvalue weighted by Gasteiger charge is -2.36. The fourth-order valence-electron chi connectivity index (χ4n) is 3.19. The normalized spacial score (nSPS) is 14.4. The van der Waals surface area contributed by atoms with Crippen molar-refractivity contribution >= 4 is 34.8 Å². The molecular formula is C20H22Cl2N2O2. The minimum absolute atomic E-state index is 0.177. The number of nitrogens with zero attached hydrogens (tertiary/aromatic N) is 2. The molecule has 26 heavy (non-hydrogen) atoms. The summed E-state index contributed by atoms with van der Waals surface area (Å²) in [6.45, 7) is 3.05. The van der Waals surface area contributed by atoms with E-state index in [0.29, 0.717) is 22.9 Å². The zero-order valence-corrected chi connectivity index (χ0v) is 16.3. The summed E-state index contributed by atoms with van der Waals surface area (Å²) in [5.74, 6) is 1.04. The lowest BCUT2D eigenvalue weighted by Crippen LogP contribution is -2.48. The third kappa shape index (κ3) is 4.43. The molecule has 138 valence electrons. The molecule has 0 atom stereocenters. The smallest absolute Gasteiger partial charge is 0.223 e. The molecule has 0 aromatic heterocycles. The summed E-state index contributed by atoms with van der Waals surface area (Å²) in [6.07, 6.45) is 1.15. The monoisotopic (exact) mass is 392 g/mol.